The molecule has 1 aliphatic carbocycles. The Labute approximate surface area is 93.2 Å². The van der Waals surface area contributed by atoms with Crippen LogP contribution in [0.5, 0.6) is 0 Å². The predicted molar refractivity (Wildman–Crippen MR) is 54.6 cm³/mol. The Morgan fingerprint density at radius 3 is 2.69 bits per heavy atom. The first-order valence-corrected chi connectivity index (χ1v) is 4.89. The van der Waals surface area contributed by atoms with Gasteiger partial charge in [0.2, 0.25) is 0 Å². The van der Waals surface area contributed by atoms with E-state index in [2.05, 4.69) is 10.1 Å². The first-order chi connectivity index (χ1) is 7.54. The van der Waals surface area contributed by atoms with E-state index in [9.17, 15) is 14.7 Å². The van der Waals surface area contributed by atoms with Gasteiger partial charge < -0.3 is 19.9 Å². The molecule has 1 aliphatic rings. The van der Waals surface area contributed by atoms with Gasteiger partial charge in [-0.05, 0) is 0 Å². The van der Waals surface area contributed by atoms with Gasteiger partial charge in [-0.15, -0.1) is 0 Å². The van der Waals surface area contributed by atoms with Gasteiger partial charge in [-0.1, -0.05) is 12.2 Å². The lowest BCUT2D eigenvalue weighted by atomic mass is 10.1. The second-order valence-electron chi connectivity index (χ2n) is 3.50. The van der Waals surface area contributed by atoms with Gasteiger partial charge in [-0.25, -0.2) is 4.79 Å². The summed E-state index contributed by atoms with van der Waals surface area (Å²) in [6.45, 7) is 1.40. The average molecular weight is 229 g/mol. The lowest BCUT2D eigenvalue weighted by molar-refractivity contribution is -0.142. The molecule has 0 unspecified atom stereocenters. The molecule has 6 heteroatoms. The van der Waals surface area contributed by atoms with Gasteiger partial charge in [0.1, 0.15) is 6.61 Å². The third kappa shape index (κ3) is 3.23. The zero-order valence-corrected chi connectivity index (χ0v) is 9.17. The minimum absolute atomic E-state index is 0.104. The molecule has 0 saturated heterocycles. The minimum atomic E-state index is -0.807. The third-order valence-electron chi connectivity index (χ3n) is 2.32. The van der Waals surface area contributed by atoms with Crippen LogP contribution in [0.4, 0.5) is 4.79 Å². The summed E-state index contributed by atoms with van der Waals surface area (Å²) in [5, 5.41) is 12.2. The Kier molecular flexibility index (Phi) is 4.30. The maximum atomic E-state index is 10.9. The maximum absolute atomic E-state index is 10.9. The summed E-state index contributed by atoms with van der Waals surface area (Å²) in [7, 11) is 1.25. The van der Waals surface area contributed by atoms with Crippen LogP contribution in [0.1, 0.15) is 6.92 Å². The van der Waals surface area contributed by atoms with Crippen molar-refractivity contribution in [2.45, 2.75) is 19.1 Å². The maximum Gasteiger partial charge on any atom is 0.407 e. The van der Waals surface area contributed by atoms with E-state index in [1.165, 1.54) is 14.0 Å². The Morgan fingerprint density at radius 2 is 2.12 bits per heavy atom. The average Bonchev–Trinajstić information content (AvgIpc) is 2.57. The number of ether oxygens (including phenoxy) is 2. The van der Waals surface area contributed by atoms with E-state index in [1.807, 2.05) is 0 Å². The first-order valence-electron chi connectivity index (χ1n) is 4.89. The molecule has 0 aromatic carbocycles. The summed E-state index contributed by atoms with van der Waals surface area (Å²) < 4.78 is 9.20. The van der Waals surface area contributed by atoms with E-state index < -0.39 is 24.2 Å². The summed E-state index contributed by atoms with van der Waals surface area (Å²) in [6, 6.07) is -0.506. The zero-order chi connectivity index (χ0) is 12.1. The molecule has 2 N–H and O–H groups in total. The number of aliphatic hydroxyl groups excluding tert-OH is 1. The largest absolute Gasteiger partial charge is 0.465 e. The molecule has 0 radical (unpaired) electrons. The van der Waals surface area contributed by atoms with Crippen LogP contribution in [0.3, 0.4) is 0 Å². The number of aliphatic hydroxyl groups is 1. The number of rotatable bonds is 3. The van der Waals surface area contributed by atoms with E-state index in [4.69, 9.17) is 4.74 Å². The van der Waals surface area contributed by atoms with Gasteiger partial charge in [-0.3, -0.25) is 4.79 Å². The van der Waals surface area contributed by atoms with Crippen molar-refractivity contribution in [3.8, 4) is 0 Å². The fourth-order valence-corrected chi connectivity index (χ4v) is 1.45. The number of nitrogens with one attached hydrogen (secondary N) is 1. The third-order valence-corrected chi connectivity index (χ3v) is 2.32. The molecule has 0 spiro atoms. The zero-order valence-electron chi connectivity index (χ0n) is 9.17. The molecule has 90 valence electrons. The minimum Gasteiger partial charge on any atom is -0.465 e. The highest BCUT2D eigenvalue weighted by Gasteiger charge is 2.31. The second kappa shape index (κ2) is 5.50. The molecule has 3 atom stereocenters. The number of carbonyl (C=O) groups is 2. The van der Waals surface area contributed by atoms with Crippen molar-refractivity contribution in [2.75, 3.05) is 13.7 Å². The molecule has 1 rings (SSSR count). The van der Waals surface area contributed by atoms with Crippen LogP contribution in [-0.2, 0) is 14.3 Å². The van der Waals surface area contributed by atoms with Crippen LogP contribution in [0, 0.1) is 5.92 Å². The number of amides is 1. The second-order valence-corrected chi connectivity index (χ2v) is 3.50. The van der Waals surface area contributed by atoms with E-state index in [-0.39, 0.29) is 12.5 Å². The molecule has 0 fully saturated rings. The molecule has 0 aromatic rings. The number of hydrogen-bond donors (Lipinski definition) is 2. The normalized spacial score (nSPS) is 27.6. The fraction of sp³-hybridized carbons (Fsp3) is 0.600. The van der Waals surface area contributed by atoms with Crippen LogP contribution >= 0.6 is 0 Å². The van der Waals surface area contributed by atoms with Crippen molar-refractivity contribution in [3.05, 3.63) is 12.2 Å². The number of alkyl carbamates (subject to hydrolysis) is 1. The molecule has 16 heavy (non-hydrogen) atoms. The first kappa shape index (κ1) is 12.5. The van der Waals surface area contributed by atoms with Crippen molar-refractivity contribution < 1.29 is 24.2 Å². The van der Waals surface area contributed by atoms with Gasteiger partial charge >= 0.3 is 12.1 Å². The van der Waals surface area contributed by atoms with Crippen molar-refractivity contribution in [3.63, 3.8) is 0 Å². The van der Waals surface area contributed by atoms with E-state index in [0.29, 0.717) is 0 Å². The Morgan fingerprint density at radius 1 is 1.44 bits per heavy atom. The summed E-state index contributed by atoms with van der Waals surface area (Å²) in [5.41, 5.74) is 0. The highest BCUT2D eigenvalue weighted by Crippen LogP contribution is 2.19. The summed E-state index contributed by atoms with van der Waals surface area (Å²) in [4.78, 5) is 21.5. The molecular weight excluding hydrogens is 214 g/mol. The smallest absolute Gasteiger partial charge is 0.407 e. The monoisotopic (exact) mass is 229 g/mol. The molecule has 6 nitrogen and oxygen atoms in total. The summed E-state index contributed by atoms with van der Waals surface area (Å²) in [6.07, 6.45) is 1.93. The molecule has 1 amide bonds. The topological polar surface area (TPSA) is 84.9 Å². The van der Waals surface area contributed by atoms with Gasteiger partial charge in [0, 0.05) is 12.8 Å². The van der Waals surface area contributed by atoms with Crippen molar-refractivity contribution >= 4 is 12.1 Å². The van der Waals surface area contributed by atoms with E-state index in [1.54, 1.807) is 12.2 Å². The number of hydrogen-bond acceptors (Lipinski definition) is 5. The van der Waals surface area contributed by atoms with Crippen molar-refractivity contribution in [2.24, 2.45) is 5.92 Å². The fourth-order valence-electron chi connectivity index (χ4n) is 1.45. The van der Waals surface area contributed by atoms with Crippen LogP contribution < -0.4 is 5.32 Å². The quantitative estimate of drug-likeness (QED) is 0.518. The van der Waals surface area contributed by atoms with Gasteiger partial charge in [-0.2, -0.15) is 0 Å². The van der Waals surface area contributed by atoms with Crippen LogP contribution in [-0.4, -0.2) is 43.0 Å². The molecular formula is C10H15NO5. The lowest BCUT2D eigenvalue weighted by Gasteiger charge is -2.20. The number of methoxy groups -OCH3 is 1. The molecule has 0 bridgehead atoms. The summed E-state index contributed by atoms with van der Waals surface area (Å²) >= 11 is 0. The predicted octanol–water partition coefficient (Wildman–Crippen LogP) is -0.179. The van der Waals surface area contributed by atoms with Crippen LogP contribution in [0.2, 0.25) is 0 Å². The number of esters is 1. The number of carbonyl (C=O) groups excluding carboxylic acids is 2. The molecule has 0 aromatic heterocycles. The van der Waals surface area contributed by atoms with E-state index >= 15 is 0 Å². The molecule has 0 heterocycles. The van der Waals surface area contributed by atoms with Crippen molar-refractivity contribution in [1.29, 1.82) is 0 Å². The Bertz CT molecular complexity index is 302. The van der Waals surface area contributed by atoms with Gasteiger partial charge in [0.25, 0.3) is 0 Å². The highest BCUT2D eigenvalue weighted by atomic mass is 16.5. The van der Waals surface area contributed by atoms with Crippen LogP contribution in [0.25, 0.3) is 0 Å². The lowest BCUT2D eigenvalue weighted by Crippen LogP contribution is -2.42. The van der Waals surface area contributed by atoms with E-state index in [0.717, 1.165) is 0 Å². The molecule has 0 saturated carbocycles. The Balaban J connectivity index is 2.42. The van der Waals surface area contributed by atoms with Crippen LogP contribution in [0.15, 0.2) is 12.2 Å². The molecule has 0 aliphatic heterocycles. The SMILES string of the molecule is COC(=O)N[C@H]1C=C[C@@H](COC(C)=O)[C@@H]1O. The van der Waals surface area contributed by atoms with Gasteiger partial charge in [0.15, 0.2) is 0 Å². The highest BCUT2D eigenvalue weighted by molar-refractivity contribution is 5.68. The van der Waals surface area contributed by atoms with Gasteiger partial charge in [0.05, 0.1) is 19.3 Å². The standard InChI is InChI=1S/C10H15NO5/c1-6(12)16-5-7-3-4-8(9(7)13)11-10(14)15-2/h3-4,7-9,13H,5H2,1-2H3,(H,11,14)/t7-,8-,9-/m0/s1. The Hall–Kier alpha value is -1.56. The summed E-state index contributed by atoms with van der Waals surface area (Å²) in [5.74, 6) is -0.698. The van der Waals surface area contributed by atoms with Crippen molar-refractivity contribution in [1.82, 2.24) is 5.32 Å².